The second-order valence-electron chi connectivity index (χ2n) is 8.77. The monoisotopic (exact) mass is 518 g/mol. The third-order valence-electron chi connectivity index (χ3n) is 6.70. The average Bonchev–Trinajstić information content (AvgIpc) is 3.19. The van der Waals surface area contributed by atoms with E-state index in [1.54, 1.807) is 42.5 Å². The number of hydrogen-bond donors (Lipinski definition) is 1. The molecular formula is C29H27ClN2O5. The zero-order valence-corrected chi connectivity index (χ0v) is 21.4. The topological polar surface area (TPSA) is 79.3 Å². The fourth-order valence-electron chi connectivity index (χ4n) is 4.82. The van der Waals surface area contributed by atoms with Gasteiger partial charge in [0.2, 0.25) is 0 Å². The molecule has 37 heavy (non-hydrogen) atoms. The van der Waals surface area contributed by atoms with Crippen LogP contribution in [-0.4, -0.2) is 43.1 Å². The molecule has 5 rings (SSSR count). The van der Waals surface area contributed by atoms with Gasteiger partial charge in [-0.3, -0.25) is 14.5 Å². The Hall–Kier alpha value is -3.97. The lowest BCUT2D eigenvalue weighted by Gasteiger charge is -2.27. The molecule has 1 fully saturated rings. The van der Waals surface area contributed by atoms with Gasteiger partial charge in [-0.2, -0.15) is 0 Å². The standard InChI is InChI=1S/C29H27ClN2O5/c1-3-31(4-2)21-10-5-18(6-11-21)26-25(27(33)19-7-14-23-24(17-19)37-16-15-36-23)28(34)29(35)32(26)22-12-8-20(30)9-13-22/h5-14,17,26,33H,3-4,15-16H2,1-2H3/b27-25-. The Labute approximate surface area is 220 Å². The fourth-order valence-corrected chi connectivity index (χ4v) is 4.94. The maximum absolute atomic E-state index is 13.4. The van der Waals surface area contributed by atoms with Gasteiger partial charge in [-0.05, 0) is 74.0 Å². The summed E-state index contributed by atoms with van der Waals surface area (Å²) in [6, 6.07) is 18.6. The molecule has 8 heteroatoms. The summed E-state index contributed by atoms with van der Waals surface area (Å²) in [5, 5.41) is 11.9. The second kappa shape index (κ2) is 10.2. The normalized spacial score (nSPS) is 18.2. The Morgan fingerprint density at radius 3 is 2.24 bits per heavy atom. The maximum Gasteiger partial charge on any atom is 0.300 e. The molecule has 190 valence electrons. The number of carbonyl (C=O) groups is 2. The van der Waals surface area contributed by atoms with E-state index in [9.17, 15) is 14.7 Å². The number of fused-ring (bicyclic) bond motifs is 1. The largest absolute Gasteiger partial charge is 0.507 e. The highest BCUT2D eigenvalue weighted by atomic mass is 35.5. The van der Waals surface area contributed by atoms with Gasteiger partial charge in [-0.15, -0.1) is 0 Å². The van der Waals surface area contributed by atoms with E-state index >= 15 is 0 Å². The molecule has 3 aromatic rings. The van der Waals surface area contributed by atoms with Crippen LogP contribution in [-0.2, 0) is 9.59 Å². The Morgan fingerprint density at radius 2 is 1.59 bits per heavy atom. The fraction of sp³-hybridized carbons (Fsp3) is 0.241. The number of anilines is 2. The molecule has 0 aliphatic carbocycles. The number of nitrogens with zero attached hydrogens (tertiary/aromatic N) is 2. The van der Waals surface area contributed by atoms with Gasteiger partial charge in [0.25, 0.3) is 11.7 Å². The highest BCUT2D eigenvalue weighted by Crippen LogP contribution is 2.43. The predicted molar refractivity (Wildman–Crippen MR) is 144 cm³/mol. The summed E-state index contributed by atoms with van der Waals surface area (Å²) in [6.07, 6.45) is 0. The number of aliphatic hydroxyl groups excluding tert-OH is 1. The number of ketones is 1. The summed E-state index contributed by atoms with van der Waals surface area (Å²) >= 11 is 6.08. The van der Waals surface area contributed by atoms with Crippen molar-refractivity contribution < 1.29 is 24.2 Å². The Kier molecular flexibility index (Phi) is 6.80. The Morgan fingerprint density at radius 1 is 0.946 bits per heavy atom. The van der Waals surface area contributed by atoms with Gasteiger partial charge >= 0.3 is 0 Å². The van der Waals surface area contributed by atoms with Gasteiger partial charge in [0.15, 0.2) is 11.5 Å². The first-order valence-corrected chi connectivity index (χ1v) is 12.6. The van der Waals surface area contributed by atoms with Crippen molar-refractivity contribution in [2.45, 2.75) is 19.9 Å². The zero-order chi connectivity index (χ0) is 26.1. The zero-order valence-electron chi connectivity index (χ0n) is 20.6. The lowest BCUT2D eigenvalue weighted by molar-refractivity contribution is -0.132. The first-order chi connectivity index (χ1) is 17.9. The summed E-state index contributed by atoms with van der Waals surface area (Å²) in [4.78, 5) is 30.4. The molecule has 0 saturated carbocycles. The minimum Gasteiger partial charge on any atom is -0.507 e. The molecule has 1 amide bonds. The van der Waals surface area contributed by atoms with E-state index in [-0.39, 0.29) is 11.3 Å². The molecule has 0 radical (unpaired) electrons. The Bertz CT molecular complexity index is 1360. The lowest BCUT2D eigenvalue weighted by Crippen LogP contribution is -2.29. The van der Waals surface area contributed by atoms with Gasteiger partial charge < -0.3 is 19.5 Å². The third-order valence-corrected chi connectivity index (χ3v) is 6.95. The summed E-state index contributed by atoms with van der Waals surface area (Å²) in [6.45, 7) is 6.69. The summed E-state index contributed by atoms with van der Waals surface area (Å²) in [5.74, 6) is -0.723. The van der Waals surface area contributed by atoms with Gasteiger partial charge in [-0.1, -0.05) is 23.7 Å². The van der Waals surface area contributed by atoms with Gasteiger partial charge in [0.1, 0.15) is 19.0 Å². The first kappa shape index (κ1) is 24.7. The van der Waals surface area contributed by atoms with E-state index in [1.165, 1.54) is 4.90 Å². The van der Waals surface area contributed by atoms with Crippen LogP contribution in [0.25, 0.3) is 5.76 Å². The smallest absolute Gasteiger partial charge is 0.300 e. The number of rotatable bonds is 6. The van der Waals surface area contributed by atoms with Crippen molar-refractivity contribution in [2.24, 2.45) is 0 Å². The van der Waals surface area contributed by atoms with E-state index in [4.69, 9.17) is 21.1 Å². The van der Waals surface area contributed by atoms with Crippen LogP contribution in [0.4, 0.5) is 11.4 Å². The highest BCUT2D eigenvalue weighted by Gasteiger charge is 2.47. The summed E-state index contributed by atoms with van der Waals surface area (Å²) < 4.78 is 11.2. The molecule has 3 aromatic carbocycles. The minimum atomic E-state index is -0.833. The maximum atomic E-state index is 13.4. The molecular weight excluding hydrogens is 492 g/mol. The number of hydrogen-bond acceptors (Lipinski definition) is 6. The van der Waals surface area contributed by atoms with Crippen LogP contribution in [0.1, 0.15) is 31.0 Å². The van der Waals surface area contributed by atoms with Crippen molar-refractivity contribution in [3.05, 3.63) is 88.5 Å². The molecule has 0 spiro atoms. The number of aliphatic hydroxyl groups is 1. The molecule has 1 atom stereocenters. The minimum absolute atomic E-state index is 0.00668. The van der Waals surface area contributed by atoms with Crippen molar-refractivity contribution in [3.8, 4) is 11.5 Å². The summed E-state index contributed by atoms with van der Waals surface area (Å²) in [7, 11) is 0. The van der Waals surface area contributed by atoms with Crippen LogP contribution in [0.3, 0.4) is 0 Å². The average molecular weight is 519 g/mol. The van der Waals surface area contributed by atoms with Crippen LogP contribution in [0.2, 0.25) is 5.02 Å². The van der Waals surface area contributed by atoms with Gasteiger partial charge in [0, 0.05) is 35.1 Å². The van der Waals surface area contributed by atoms with Crippen LogP contribution in [0.5, 0.6) is 11.5 Å². The second-order valence-corrected chi connectivity index (χ2v) is 9.20. The molecule has 0 bridgehead atoms. The lowest BCUT2D eigenvalue weighted by atomic mass is 9.94. The molecule has 2 heterocycles. The van der Waals surface area contributed by atoms with Crippen LogP contribution < -0.4 is 19.3 Å². The van der Waals surface area contributed by atoms with E-state index in [0.29, 0.717) is 46.5 Å². The van der Waals surface area contributed by atoms with E-state index < -0.39 is 17.7 Å². The van der Waals surface area contributed by atoms with Crippen molar-refractivity contribution in [2.75, 3.05) is 36.1 Å². The van der Waals surface area contributed by atoms with Crippen LogP contribution in [0.15, 0.2) is 72.3 Å². The third kappa shape index (κ3) is 4.51. The van der Waals surface area contributed by atoms with Crippen molar-refractivity contribution in [1.82, 2.24) is 0 Å². The number of Topliss-reactive ketones (excluding diaryl/α,β-unsaturated/α-hetero) is 1. The molecule has 2 aliphatic rings. The van der Waals surface area contributed by atoms with E-state index in [0.717, 1.165) is 18.8 Å². The van der Waals surface area contributed by atoms with Crippen LogP contribution >= 0.6 is 11.6 Å². The summed E-state index contributed by atoms with van der Waals surface area (Å²) in [5.41, 5.74) is 2.61. The number of carbonyl (C=O) groups excluding carboxylic acids is 2. The number of halogens is 1. The van der Waals surface area contributed by atoms with E-state index in [2.05, 4.69) is 18.7 Å². The van der Waals surface area contributed by atoms with Crippen molar-refractivity contribution in [3.63, 3.8) is 0 Å². The van der Waals surface area contributed by atoms with Gasteiger partial charge in [0.05, 0.1) is 11.6 Å². The molecule has 0 aromatic heterocycles. The van der Waals surface area contributed by atoms with Gasteiger partial charge in [-0.25, -0.2) is 0 Å². The number of amides is 1. The SMILES string of the molecule is CCN(CC)c1ccc(C2/C(=C(/O)c3ccc4c(c3)OCCO4)C(=O)C(=O)N2c2ccc(Cl)cc2)cc1. The molecule has 7 nitrogen and oxygen atoms in total. The molecule has 1 unspecified atom stereocenters. The molecule has 2 aliphatic heterocycles. The quantitative estimate of drug-likeness (QED) is 0.260. The molecule has 1 N–H and O–H groups in total. The van der Waals surface area contributed by atoms with E-state index in [1.807, 2.05) is 24.3 Å². The van der Waals surface area contributed by atoms with Crippen molar-refractivity contribution in [1.29, 1.82) is 0 Å². The first-order valence-electron chi connectivity index (χ1n) is 12.2. The van der Waals surface area contributed by atoms with Crippen molar-refractivity contribution >= 4 is 40.4 Å². The Balaban J connectivity index is 1.65. The predicted octanol–water partition coefficient (Wildman–Crippen LogP) is 5.58. The van der Waals surface area contributed by atoms with Crippen LogP contribution in [0, 0.1) is 0 Å². The number of benzene rings is 3. The highest BCUT2D eigenvalue weighted by molar-refractivity contribution is 6.51. The molecule has 1 saturated heterocycles. The number of ether oxygens (including phenoxy) is 2.